The van der Waals surface area contributed by atoms with Crippen LogP contribution < -0.4 is 11.5 Å². The Morgan fingerprint density at radius 1 is 1.47 bits per heavy atom. The summed E-state index contributed by atoms with van der Waals surface area (Å²) in [5.74, 6) is -0.677. The maximum Gasteiger partial charge on any atom is 0.193 e. The zero-order valence-corrected chi connectivity index (χ0v) is 9.38. The van der Waals surface area contributed by atoms with E-state index in [4.69, 9.17) is 16.9 Å². The average Bonchev–Trinajstić information content (AvgIpc) is 2.22. The molecule has 7 nitrogen and oxygen atoms in total. The van der Waals surface area contributed by atoms with Crippen molar-refractivity contribution in [2.45, 2.75) is 11.4 Å². The van der Waals surface area contributed by atoms with E-state index in [-0.39, 0.29) is 22.6 Å². The van der Waals surface area contributed by atoms with Gasteiger partial charge in [-0.25, -0.2) is 8.42 Å². The van der Waals surface area contributed by atoms with Crippen LogP contribution in [0, 0.1) is 5.41 Å². The molecule has 9 heteroatoms. The van der Waals surface area contributed by atoms with Gasteiger partial charge in [0.1, 0.15) is 0 Å². The summed E-state index contributed by atoms with van der Waals surface area (Å²) in [5, 5.41) is 16.0. The van der Waals surface area contributed by atoms with Gasteiger partial charge < -0.3 is 16.6 Å². The van der Waals surface area contributed by atoms with Crippen LogP contribution in [0.3, 0.4) is 0 Å². The topological polar surface area (TPSA) is 143 Å². The molecule has 0 radical (unpaired) electrons. The Labute approximate surface area is 91.4 Å². The monoisotopic (exact) mass is 252 g/mol. The highest BCUT2D eigenvalue weighted by molar-refractivity contribution is 8.15. The van der Waals surface area contributed by atoms with Crippen LogP contribution in [0.2, 0.25) is 0 Å². The second-order valence-electron chi connectivity index (χ2n) is 3.14. The Morgan fingerprint density at radius 3 is 2.47 bits per heavy atom. The van der Waals surface area contributed by atoms with Crippen LogP contribution in [0.5, 0.6) is 0 Å². The Morgan fingerprint density at radius 2 is 2.07 bits per heavy atom. The molecule has 1 aliphatic rings. The number of rotatable bonds is 1. The van der Waals surface area contributed by atoms with E-state index in [2.05, 4.69) is 4.99 Å². The molecule has 2 unspecified atom stereocenters. The molecule has 1 aliphatic heterocycles. The van der Waals surface area contributed by atoms with Crippen molar-refractivity contribution in [3.63, 3.8) is 0 Å². The van der Waals surface area contributed by atoms with E-state index in [1.54, 1.807) is 0 Å². The van der Waals surface area contributed by atoms with E-state index in [1.807, 2.05) is 0 Å². The first-order valence-electron chi connectivity index (χ1n) is 4.03. The molecule has 0 bridgehead atoms. The van der Waals surface area contributed by atoms with Crippen LogP contribution in [0.25, 0.3) is 0 Å². The predicted octanol–water partition coefficient (Wildman–Crippen LogP) is -1.91. The number of amidine groups is 1. The number of hydrogen-bond acceptors (Lipinski definition) is 5. The molecule has 0 spiro atoms. The molecular formula is C6H12N4O3S2. The molecule has 6 N–H and O–H groups in total. The van der Waals surface area contributed by atoms with Crippen LogP contribution in [0.1, 0.15) is 0 Å². The fraction of sp³-hybridized carbons (Fsp3) is 0.667. The molecule has 2 atom stereocenters. The predicted molar refractivity (Wildman–Crippen MR) is 59.6 cm³/mol. The van der Waals surface area contributed by atoms with E-state index in [1.165, 1.54) is 0 Å². The SMILES string of the molecule is N=C(N=C(N)N)SC1CS(=O)(=O)CC1O. The standard InChI is InChI=1S/C6H12N4O3S2/c7-5(8)10-6(9)14-4-2-15(12,13)1-3(4)11/h3-4,11H,1-2H2,(H5,7,8,9,10). The Balaban J connectivity index is 2.61. The number of nitrogens with two attached hydrogens (primary N) is 2. The van der Waals surface area contributed by atoms with Crippen molar-refractivity contribution >= 4 is 32.7 Å². The van der Waals surface area contributed by atoms with E-state index >= 15 is 0 Å². The number of hydrogen-bond donors (Lipinski definition) is 4. The summed E-state index contributed by atoms with van der Waals surface area (Å²) in [6, 6.07) is 0. The lowest BCUT2D eigenvalue weighted by molar-refractivity contribution is 0.208. The Hall–Kier alpha value is -0.800. The number of aliphatic hydroxyl groups is 1. The molecule has 15 heavy (non-hydrogen) atoms. The first kappa shape index (κ1) is 12.3. The third-order valence-corrected chi connectivity index (χ3v) is 4.79. The van der Waals surface area contributed by atoms with Gasteiger partial charge in [-0.15, -0.1) is 0 Å². The summed E-state index contributed by atoms with van der Waals surface area (Å²) in [5.41, 5.74) is 10.1. The summed E-state index contributed by atoms with van der Waals surface area (Å²) >= 11 is 0.853. The summed E-state index contributed by atoms with van der Waals surface area (Å²) in [7, 11) is -3.20. The van der Waals surface area contributed by atoms with Crippen molar-refractivity contribution in [3.8, 4) is 0 Å². The second kappa shape index (κ2) is 4.37. The van der Waals surface area contributed by atoms with Gasteiger partial charge in [0.15, 0.2) is 21.0 Å². The molecule has 1 fully saturated rings. The summed E-state index contributed by atoms with van der Waals surface area (Å²) in [6.45, 7) is 0. The molecule has 0 saturated carbocycles. The van der Waals surface area contributed by atoms with Crippen LogP contribution in [0.4, 0.5) is 0 Å². The molecule has 86 valence electrons. The van der Waals surface area contributed by atoms with Crippen molar-refractivity contribution in [3.05, 3.63) is 0 Å². The van der Waals surface area contributed by atoms with Crippen molar-refractivity contribution in [1.29, 1.82) is 5.41 Å². The maximum absolute atomic E-state index is 11.1. The molecule has 0 amide bonds. The van der Waals surface area contributed by atoms with Crippen molar-refractivity contribution in [2.24, 2.45) is 16.5 Å². The lowest BCUT2D eigenvalue weighted by Crippen LogP contribution is -2.25. The minimum Gasteiger partial charge on any atom is -0.391 e. The molecule has 0 aromatic heterocycles. The van der Waals surface area contributed by atoms with E-state index in [9.17, 15) is 13.5 Å². The zero-order valence-electron chi connectivity index (χ0n) is 7.75. The molecule has 1 saturated heterocycles. The fourth-order valence-corrected chi connectivity index (χ4v) is 4.52. The summed E-state index contributed by atoms with van der Waals surface area (Å²) in [4.78, 5) is 3.44. The molecule has 1 rings (SSSR count). The first-order valence-corrected chi connectivity index (χ1v) is 6.73. The normalized spacial score (nSPS) is 28.6. The van der Waals surface area contributed by atoms with Crippen molar-refractivity contribution in [2.75, 3.05) is 11.5 Å². The molecule has 0 aliphatic carbocycles. The smallest absolute Gasteiger partial charge is 0.193 e. The molecule has 0 aromatic carbocycles. The quantitative estimate of drug-likeness (QED) is 0.316. The summed E-state index contributed by atoms with van der Waals surface area (Å²) in [6.07, 6.45) is -0.963. The number of sulfone groups is 1. The van der Waals surface area contributed by atoms with E-state index in [0.29, 0.717) is 0 Å². The average molecular weight is 252 g/mol. The van der Waals surface area contributed by atoms with Gasteiger partial charge in [-0.3, -0.25) is 5.41 Å². The fourth-order valence-electron chi connectivity index (χ4n) is 1.20. The number of nitrogens with zero attached hydrogens (tertiary/aromatic N) is 1. The zero-order chi connectivity index (χ0) is 11.6. The number of nitrogens with one attached hydrogen (secondary N) is 1. The van der Waals surface area contributed by atoms with Gasteiger partial charge in [-0.1, -0.05) is 11.8 Å². The van der Waals surface area contributed by atoms with Gasteiger partial charge in [0.05, 0.1) is 22.9 Å². The Kier molecular flexibility index (Phi) is 3.58. The van der Waals surface area contributed by atoms with Crippen molar-refractivity contribution in [1.82, 2.24) is 0 Å². The lowest BCUT2D eigenvalue weighted by Gasteiger charge is -2.09. The third-order valence-electron chi connectivity index (χ3n) is 1.77. The van der Waals surface area contributed by atoms with Crippen LogP contribution in [0.15, 0.2) is 4.99 Å². The van der Waals surface area contributed by atoms with E-state index in [0.717, 1.165) is 11.8 Å². The minimum atomic E-state index is -3.20. The van der Waals surface area contributed by atoms with Gasteiger partial charge in [0.2, 0.25) is 0 Å². The van der Waals surface area contributed by atoms with Crippen molar-refractivity contribution < 1.29 is 13.5 Å². The number of guanidine groups is 1. The van der Waals surface area contributed by atoms with Gasteiger partial charge >= 0.3 is 0 Å². The summed E-state index contributed by atoms with van der Waals surface area (Å²) < 4.78 is 22.3. The highest BCUT2D eigenvalue weighted by Crippen LogP contribution is 2.25. The van der Waals surface area contributed by atoms with Crippen LogP contribution in [-0.4, -0.2) is 47.5 Å². The Bertz CT molecular complexity index is 387. The van der Waals surface area contributed by atoms with Crippen LogP contribution >= 0.6 is 11.8 Å². The minimum absolute atomic E-state index is 0.152. The van der Waals surface area contributed by atoms with E-state index < -0.39 is 21.2 Å². The number of thioether (sulfide) groups is 1. The molecule has 1 heterocycles. The molecule has 0 aromatic rings. The highest BCUT2D eigenvalue weighted by atomic mass is 32.2. The number of aliphatic hydroxyl groups excluding tert-OH is 1. The lowest BCUT2D eigenvalue weighted by atomic mass is 10.3. The molecular weight excluding hydrogens is 240 g/mol. The highest BCUT2D eigenvalue weighted by Gasteiger charge is 2.37. The van der Waals surface area contributed by atoms with Crippen LogP contribution in [-0.2, 0) is 9.84 Å². The van der Waals surface area contributed by atoms with Gasteiger partial charge in [-0.05, 0) is 0 Å². The van der Waals surface area contributed by atoms with Gasteiger partial charge in [0, 0.05) is 0 Å². The maximum atomic E-state index is 11.1. The largest absolute Gasteiger partial charge is 0.391 e. The third kappa shape index (κ3) is 3.68. The first-order chi connectivity index (χ1) is 6.80. The second-order valence-corrected chi connectivity index (χ2v) is 6.52. The van der Waals surface area contributed by atoms with Gasteiger partial charge in [-0.2, -0.15) is 4.99 Å². The number of aliphatic imine (C=N–C) groups is 1. The van der Waals surface area contributed by atoms with Gasteiger partial charge in [0.25, 0.3) is 0 Å².